The average Bonchev–Trinajstić information content (AvgIpc) is 2.54. The van der Waals surface area contributed by atoms with Gasteiger partial charge >= 0.3 is 6.18 Å². The van der Waals surface area contributed by atoms with Crippen LogP contribution >= 0.6 is 0 Å². The Morgan fingerprint density at radius 3 is 2.33 bits per heavy atom. The summed E-state index contributed by atoms with van der Waals surface area (Å²) in [6.45, 7) is 0.812. The van der Waals surface area contributed by atoms with E-state index in [9.17, 15) is 17.6 Å². The van der Waals surface area contributed by atoms with E-state index in [0.717, 1.165) is 50.8 Å². The molecule has 0 amide bonds. The van der Waals surface area contributed by atoms with Gasteiger partial charge < -0.3 is 4.74 Å². The molecular weight excluding hydrogens is 320 g/mol. The van der Waals surface area contributed by atoms with Crippen LogP contribution in [0.15, 0.2) is 18.2 Å². The summed E-state index contributed by atoms with van der Waals surface area (Å²) < 4.78 is 56.6. The van der Waals surface area contributed by atoms with Gasteiger partial charge in [0.15, 0.2) is 0 Å². The SMILES string of the molecule is COCCCCCC1CCC(c2ccc(C(F)(F)F)c(F)c2)CC1. The lowest BCUT2D eigenvalue weighted by atomic mass is 9.77. The minimum atomic E-state index is -4.62. The van der Waals surface area contributed by atoms with Gasteiger partial charge in [0, 0.05) is 13.7 Å². The van der Waals surface area contributed by atoms with Gasteiger partial charge in [-0.2, -0.15) is 13.2 Å². The summed E-state index contributed by atoms with van der Waals surface area (Å²) in [5, 5.41) is 0. The van der Waals surface area contributed by atoms with Gasteiger partial charge in [0.05, 0.1) is 5.56 Å². The molecule has 136 valence electrons. The zero-order chi connectivity index (χ0) is 17.6. The summed E-state index contributed by atoms with van der Waals surface area (Å²) in [5.74, 6) is -0.269. The molecule has 0 spiro atoms. The van der Waals surface area contributed by atoms with Crippen LogP contribution in [0.5, 0.6) is 0 Å². The summed E-state index contributed by atoms with van der Waals surface area (Å²) in [7, 11) is 1.71. The van der Waals surface area contributed by atoms with E-state index >= 15 is 0 Å². The molecule has 24 heavy (non-hydrogen) atoms. The second kappa shape index (κ2) is 8.84. The van der Waals surface area contributed by atoms with E-state index in [4.69, 9.17) is 4.74 Å². The van der Waals surface area contributed by atoms with Crippen LogP contribution < -0.4 is 0 Å². The molecule has 0 saturated heterocycles. The lowest BCUT2D eigenvalue weighted by Gasteiger charge is -2.29. The predicted molar refractivity (Wildman–Crippen MR) is 86.4 cm³/mol. The predicted octanol–water partition coefficient (Wildman–Crippen LogP) is 6.33. The number of unbranched alkanes of at least 4 members (excludes halogenated alkanes) is 2. The molecule has 0 heterocycles. The number of ether oxygens (including phenoxy) is 1. The smallest absolute Gasteiger partial charge is 0.385 e. The fourth-order valence-electron chi connectivity index (χ4n) is 3.66. The van der Waals surface area contributed by atoms with Gasteiger partial charge in [0.2, 0.25) is 0 Å². The van der Waals surface area contributed by atoms with Crippen molar-refractivity contribution in [2.75, 3.05) is 13.7 Å². The summed E-state index contributed by atoms with van der Waals surface area (Å²) in [5.41, 5.74) is -0.463. The highest BCUT2D eigenvalue weighted by Crippen LogP contribution is 2.39. The first-order valence-electron chi connectivity index (χ1n) is 8.77. The van der Waals surface area contributed by atoms with E-state index in [1.54, 1.807) is 7.11 Å². The maximum absolute atomic E-state index is 13.7. The Morgan fingerprint density at radius 2 is 1.75 bits per heavy atom. The van der Waals surface area contributed by atoms with Crippen LogP contribution in [0, 0.1) is 11.7 Å². The maximum Gasteiger partial charge on any atom is 0.419 e. The summed E-state index contributed by atoms with van der Waals surface area (Å²) >= 11 is 0. The first kappa shape index (κ1) is 19.2. The zero-order valence-corrected chi connectivity index (χ0v) is 14.2. The van der Waals surface area contributed by atoms with Crippen LogP contribution in [0.4, 0.5) is 17.6 Å². The molecule has 0 atom stereocenters. The van der Waals surface area contributed by atoms with Gasteiger partial charge in [-0.15, -0.1) is 0 Å². The Bertz CT molecular complexity index is 505. The van der Waals surface area contributed by atoms with E-state index in [1.807, 2.05) is 0 Å². The molecule has 1 fully saturated rings. The Balaban J connectivity index is 1.81. The quantitative estimate of drug-likeness (QED) is 0.414. The fourth-order valence-corrected chi connectivity index (χ4v) is 3.66. The number of methoxy groups -OCH3 is 1. The molecule has 1 saturated carbocycles. The van der Waals surface area contributed by atoms with Crippen molar-refractivity contribution in [3.8, 4) is 0 Å². The van der Waals surface area contributed by atoms with Crippen molar-refractivity contribution in [1.82, 2.24) is 0 Å². The highest BCUT2D eigenvalue weighted by atomic mass is 19.4. The lowest BCUT2D eigenvalue weighted by molar-refractivity contribution is -0.140. The summed E-state index contributed by atoms with van der Waals surface area (Å²) in [6.07, 6.45) is 4.10. The van der Waals surface area contributed by atoms with Crippen molar-refractivity contribution in [2.45, 2.75) is 63.5 Å². The molecular formula is C19H26F4O. The second-order valence-corrected chi connectivity index (χ2v) is 6.80. The van der Waals surface area contributed by atoms with Crippen molar-refractivity contribution in [1.29, 1.82) is 0 Å². The van der Waals surface area contributed by atoms with Crippen molar-refractivity contribution in [3.05, 3.63) is 35.1 Å². The normalized spacial score (nSPS) is 21.9. The van der Waals surface area contributed by atoms with Gasteiger partial charge in [-0.3, -0.25) is 0 Å². The van der Waals surface area contributed by atoms with Crippen LogP contribution in [-0.4, -0.2) is 13.7 Å². The van der Waals surface area contributed by atoms with Gasteiger partial charge in [-0.25, -0.2) is 4.39 Å². The third-order valence-corrected chi connectivity index (χ3v) is 5.08. The van der Waals surface area contributed by atoms with Crippen molar-refractivity contribution in [3.63, 3.8) is 0 Å². The molecule has 1 aromatic rings. The van der Waals surface area contributed by atoms with E-state index in [2.05, 4.69) is 0 Å². The first-order chi connectivity index (χ1) is 11.4. The second-order valence-electron chi connectivity index (χ2n) is 6.80. The Hall–Kier alpha value is -1.10. The molecule has 0 aliphatic heterocycles. The molecule has 0 radical (unpaired) electrons. The van der Waals surface area contributed by atoms with Crippen molar-refractivity contribution in [2.24, 2.45) is 5.92 Å². The summed E-state index contributed by atoms with van der Waals surface area (Å²) in [6, 6.07) is 3.41. The Morgan fingerprint density at radius 1 is 1.04 bits per heavy atom. The van der Waals surface area contributed by atoms with Crippen LogP contribution in [-0.2, 0) is 10.9 Å². The lowest BCUT2D eigenvalue weighted by Crippen LogP contribution is -2.14. The number of halogens is 4. The average molecular weight is 346 g/mol. The fraction of sp³-hybridized carbons (Fsp3) is 0.684. The number of hydrogen-bond acceptors (Lipinski definition) is 1. The maximum atomic E-state index is 13.7. The van der Waals surface area contributed by atoms with Gasteiger partial charge in [-0.05, 0) is 61.6 Å². The van der Waals surface area contributed by atoms with Crippen LogP contribution in [0.3, 0.4) is 0 Å². The zero-order valence-electron chi connectivity index (χ0n) is 14.2. The molecule has 0 N–H and O–H groups in total. The molecule has 1 nitrogen and oxygen atoms in total. The molecule has 2 rings (SSSR count). The minimum Gasteiger partial charge on any atom is -0.385 e. The number of benzene rings is 1. The third-order valence-electron chi connectivity index (χ3n) is 5.08. The van der Waals surface area contributed by atoms with Crippen molar-refractivity contribution < 1.29 is 22.3 Å². The molecule has 5 heteroatoms. The monoisotopic (exact) mass is 346 g/mol. The van der Waals surface area contributed by atoms with E-state index < -0.39 is 17.6 Å². The van der Waals surface area contributed by atoms with Crippen LogP contribution in [0.2, 0.25) is 0 Å². The van der Waals surface area contributed by atoms with Gasteiger partial charge in [0.25, 0.3) is 0 Å². The van der Waals surface area contributed by atoms with Crippen LogP contribution in [0.25, 0.3) is 0 Å². The Labute approximate surface area is 141 Å². The van der Waals surface area contributed by atoms with Crippen molar-refractivity contribution >= 4 is 0 Å². The number of alkyl halides is 3. The first-order valence-corrected chi connectivity index (χ1v) is 8.77. The molecule has 1 aromatic carbocycles. The molecule has 0 bridgehead atoms. The summed E-state index contributed by atoms with van der Waals surface area (Å²) in [4.78, 5) is 0. The largest absolute Gasteiger partial charge is 0.419 e. The molecule has 0 aromatic heterocycles. The number of rotatable bonds is 7. The Kier molecular flexibility index (Phi) is 7.08. The highest BCUT2D eigenvalue weighted by molar-refractivity contribution is 5.29. The minimum absolute atomic E-state index is 0.187. The molecule has 0 unspecified atom stereocenters. The number of hydrogen-bond donors (Lipinski definition) is 0. The highest BCUT2D eigenvalue weighted by Gasteiger charge is 2.34. The van der Waals surface area contributed by atoms with E-state index in [1.165, 1.54) is 25.3 Å². The van der Waals surface area contributed by atoms with Crippen LogP contribution in [0.1, 0.15) is 68.4 Å². The van der Waals surface area contributed by atoms with E-state index in [0.29, 0.717) is 11.5 Å². The molecule has 1 aliphatic carbocycles. The van der Waals surface area contributed by atoms with Gasteiger partial charge in [0.1, 0.15) is 5.82 Å². The topological polar surface area (TPSA) is 9.23 Å². The molecule has 1 aliphatic rings. The standard InChI is InChI=1S/C19H26F4O/c1-24-12-4-2-3-5-14-6-8-15(9-7-14)16-10-11-17(18(20)13-16)19(21,22)23/h10-11,13-15H,2-9,12H2,1H3. The van der Waals surface area contributed by atoms with Gasteiger partial charge in [-0.1, -0.05) is 25.3 Å². The third kappa shape index (κ3) is 5.47. The van der Waals surface area contributed by atoms with E-state index in [-0.39, 0.29) is 5.92 Å².